The predicted octanol–water partition coefficient (Wildman–Crippen LogP) is 1.40. The Morgan fingerprint density at radius 3 is 2.75 bits per heavy atom. The van der Waals surface area contributed by atoms with E-state index >= 15 is 0 Å². The zero-order chi connectivity index (χ0) is 14.7. The summed E-state index contributed by atoms with van der Waals surface area (Å²) in [4.78, 5) is 30.3. The van der Waals surface area contributed by atoms with Gasteiger partial charge in [0.15, 0.2) is 0 Å². The van der Waals surface area contributed by atoms with Crippen molar-refractivity contribution in [3.05, 3.63) is 55.3 Å². The minimum atomic E-state index is -0.559. The number of halogens is 1. The van der Waals surface area contributed by atoms with E-state index in [0.29, 0.717) is 11.5 Å². The second-order valence-electron chi connectivity index (χ2n) is 3.88. The molecule has 0 aliphatic rings. The lowest BCUT2D eigenvalue weighted by Gasteiger charge is -2.06. The van der Waals surface area contributed by atoms with E-state index in [4.69, 9.17) is 0 Å². The van der Waals surface area contributed by atoms with E-state index in [1.54, 1.807) is 7.05 Å². The highest BCUT2D eigenvalue weighted by Gasteiger charge is 2.12. The van der Waals surface area contributed by atoms with Gasteiger partial charge >= 0.3 is 0 Å². The predicted molar refractivity (Wildman–Crippen MR) is 75.7 cm³/mol. The molecule has 0 unspecified atom stereocenters. The number of nitro groups is 1. The molecule has 2 aromatic heterocycles. The molecule has 0 aliphatic heterocycles. The van der Waals surface area contributed by atoms with Gasteiger partial charge in [0.25, 0.3) is 11.2 Å². The molecule has 0 bridgehead atoms. The summed E-state index contributed by atoms with van der Waals surface area (Å²) in [7, 11) is 1.71. The zero-order valence-electron chi connectivity index (χ0n) is 10.4. The summed E-state index contributed by atoms with van der Waals surface area (Å²) in [6.45, 7) is 0.107. The first kappa shape index (κ1) is 14.1. The fraction of sp³-hybridized carbons (Fsp3) is 0.182. The maximum Gasteiger partial charge on any atom is 0.286 e. The summed E-state index contributed by atoms with van der Waals surface area (Å²) in [5.74, 6) is 0.598. The summed E-state index contributed by atoms with van der Waals surface area (Å²) in [5, 5.41) is 13.6. The van der Waals surface area contributed by atoms with Gasteiger partial charge in [-0.05, 0) is 15.9 Å². The highest BCUT2D eigenvalue weighted by atomic mass is 79.9. The van der Waals surface area contributed by atoms with Crippen LogP contribution in [-0.2, 0) is 6.54 Å². The number of aromatic nitrogens is 3. The van der Waals surface area contributed by atoms with Crippen LogP contribution in [0.15, 0.2) is 33.9 Å². The van der Waals surface area contributed by atoms with Crippen molar-refractivity contribution in [1.82, 2.24) is 14.5 Å². The molecule has 8 nitrogen and oxygen atoms in total. The van der Waals surface area contributed by atoms with Gasteiger partial charge in [-0.2, -0.15) is 0 Å². The van der Waals surface area contributed by atoms with E-state index in [0.717, 1.165) is 0 Å². The number of nitrogens with one attached hydrogen (secondary N) is 1. The molecule has 104 valence electrons. The highest BCUT2D eigenvalue weighted by Crippen LogP contribution is 2.14. The maximum absolute atomic E-state index is 11.9. The molecule has 2 rings (SSSR count). The van der Waals surface area contributed by atoms with Gasteiger partial charge in [0, 0.05) is 13.1 Å². The normalized spacial score (nSPS) is 10.3. The third-order valence-corrected chi connectivity index (χ3v) is 3.10. The minimum Gasteiger partial charge on any atom is -0.372 e. The molecule has 2 heterocycles. The molecular weight excluding hydrogens is 330 g/mol. The van der Waals surface area contributed by atoms with Crippen LogP contribution in [0.4, 0.5) is 11.5 Å². The molecule has 2 aromatic rings. The molecule has 1 N–H and O–H groups in total. The van der Waals surface area contributed by atoms with E-state index in [2.05, 4.69) is 31.2 Å². The van der Waals surface area contributed by atoms with Crippen LogP contribution >= 0.6 is 15.9 Å². The fourth-order valence-electron chi connectivity index (χ4n) is 1.54. The lowest BCUT2D eigenvalue weighted by atomic mass is 10.3. The molecular formula is C11H10BrN5O3. The Bertz CT molecular complexity index is 698. The Hall–Kier alpha value is -2.29. The van der Waals surface area contributed by atoms with Crippen LogP contribution < -0.4 is 10.9 Å². The van der Waals surface area contributed by atoms with Crippen LogP contribution in [0.3, 0.4) is 0 Å². The Morgan fingerprint density at radius 1 is 1.45 bits per heavy atom. The first-order valence-electron chi connectivity index (χ1n) is 5.54. The number of rotatable bonds is 4. The van der Waals surface area contributed by atoms with Gasteiger partial charge in [-0.15, -0.1) is 0 Å². The van der Waals surface area contributed by atoms with E-state index in [-0.39, 0.29) is 22.3 Å². The summed E-state index contributed by atoms with van der Waals surface area (Å²) < 4.78 is 1.34. The Balaban J connectivity index is 2.36. The molecule has 20 heavy (non-hydrogen) atoms. The summed E-state index contributed by atoms with van der Waals surface area (Å²) in [6, 6.07) is 1.18. The van der Waals surface area contributed by atoms with Crippen molar-refractivity contribution in [2.24, 2.45) is 0 Å². The SMILES string of the molecule is CNc1cnc(Cn2cc([N+](=O)[O-])cc(Br)c2=O)cn1. The van der Waals surface area contributed by atoms with Crippen LogP contribution in [0.1, 0.15) is 5.69 Å². The lowest BCUT2D eigenvalue weighted by Crippen LogP contribution is -2.21. The van der Waals surface area contributed by atoms with Crippen molar-refractivity contribution >= 4 is 27.4 Å². The average Bonchev–Trinajstić information content (AvgIpc) is 2.44. The Kier molecular flexibility index (Phi) is 4.08. The second-order valence-corrected chi connectivity index (χ2v) is 4.73. The van der Waals surface area contributed by atoms with Crippen molar-refractivity contribution < 1.29 is 4.92 Å². The van der Waals surface area contributed by atoms with Gasteiger partial charge in [-0.25, -0.2) is 4.98 Å². The monoisotopic (exact) mass is 339 g/mol. The molecule has 0 aromatic carbocycles. The number of hydrogen-bond donors (Lipinski definition) is 1. The van der Waals surface area contributed by atoms with Crippen LogP contribution in [0, 0.1) is 10.1 Å². The van der Waals surface area contributed by atoms with Gasteiger partial charge in [0.05, 0.1) is 40.2 Å². The largest absolute Gasteiger partial charge is 0.372 e. The minimum absolute atomic E-state index is 0.107. The highest BCUT2D eigenvalue weighted by molar-refractivity contribution is 9.10. The molecule has 0 radical (unpaired) electrons. The van der Waals surface area contributed by atoms with Gasteiger partial charge in [-0.1, -0.05) is 0 Å². The van der Waals surface area contributed by atoms with E-state index in [1.165, 1.54) is 29.2 Å². The van der Waals surface area contributed by atoms with E-state index < -0.39 is 4.92 Å². The number of nitrogens with zero attached hydrogens (tertiary/aromatic N) is 4. The number of hydrogen-bond acceptors (Lipinski definition) is 6. The Labute approximate surface area is 121 Å². The molecule has 0 atom stereocenters. The molecule has 0 spiro atoms. The van der Waals surface area contributed by atoms with Crippen LogP contribution in [0.5, 0.6) is 0 Å². The average molecular weight is 340 g/mol. The summed E-state index contributed by atoms with van der Waals surface area (Å²) in [5.41, 5.74) is -0.00938. The summed E-state index contributed by atoms with van der Waals surface area (Å²) >= 11 is 3.02. The van der Waals surface area contributed by atoms with Crippen molar-refractivity contribution in [2.45, 2.75) is 6.54 Å². The van der Waals surface area contributed by atoms with Gasteiger partial charge in [0.2, 0.25) is 0 Å². The second kappa shape index (κ2) is 5.78. The van der Waals surface area contributed by atoms with Crippen LogP contribution in [0.2, 0.25) is 0 Å². The fourth-order valence-corrected chi connectivity index (χ4v) is 2.00. The standard InChI is InChI=1S/C11H10BrN5O3/c1-13-10-4-14-7(3-15-10)5-16-6-8(17(19)20)2-9(12)11(16)18/h2-4,6H,5H2,1H3,(H,13,15). The van der Waals surface area contributed by atoms with Gasteiger partial charge in [0.1, 0.15) is 5.82 Å². The van der Waals surface area contributed by atoms with Gasteiger partial charge in [-0.3, -0.25) is 19.9 Å². The number of pyridine rings is 1. The van der Waals surface area contributed by atoms with E-state index in [9.17, 15) is 14.9 Å². The van der Waals surface area contributed by atoms with E-state index in [1.807, 2.05) is 0 Å². The topological polar surface area (TPSA) is 103 Å². The third-order valence-electron chi connectivity index (χ3n) is 2.53. The summed E-state index contributed by atoms with van der Waals surface area (Å²) in [6.07, 6.45) is 4.21. The van der Waals surface area contributed by atoms with Crippen molar-refractivity contribution in [2.75, 3.05) is 12.4 Å². The molecule has 0 fully saturated rings. The maximum atomic E-state index is 11.9. The quantitative estimate of drug-likeness (QED) is 0.667. The number of anilines is 1. The molecule has 0 aliphatic carbocycles. The van der Waals surface area contributed by atoms with Gasteiger partial charge < -0.3 is 9.88 Å². The third kappa shape index (κ3) is 2.99. The van der Waals surface area contributed by atoms with Crippen LogP contribution in [-0.4, -0.2) is 26.5 Å². The first-order chi connectivity index (χ1) is 9.51. The van der Waals surface area contributed by atoms with Crippen LogP contribution in [0.25, 0.3) is 0 Å². The molecule has 0 saturated carbocycles. The van der Waals surface area contributed by atoms with Crippen molar-refractivity contribution in [3.63, 3.8) is 0 Å². The molecule has 0 amide bonds. The van der Waals surface area contributed by atoms with Crippen molar-refractivity contribution in [1.29, 1.82) is 0 Å². The molecule has 0 saturated heterocycles. The smallest absolute Gasteiger partial charge is 0.286 e. The lowest BCUT2D eigenvalue weighted by molar-refractivity contribution is -0.385. The van der Waals surface area contributed by atoms with Crippen molar-refractivity contribution in [3.8, 4) is 0 Å². The Morgan fingerprint density at radius 2 is 2.20 bits per heavy atom. The zero-order valence-corrected chi connectivity index (χ0v) is 12.0. The first-order valence-corrected chi connectivity index (χ1v) is 6.33. The molecule has 9 heteroatoms.